The molecule has 1 aliphatic rings. The predicted octanol–water partition coefficient (Wildman–Crippen LogP) is 3.21. The first-order valence-corrected chi connectivity index (χ1v) is 8.54. The standard InChI is InChI=1S/C17H26ClN3O2.HI/c1-19-17(21-13-14-3-5-15(18)6-4-14)20-9-2-10-23-16-7-11-22-12-8-16;/h3-6,16H,2,7-13H2,1H3,(H2,19,20,21);1H. The van der Waals surface area contributed by atoms with Crippen molar-refractivity contribution >= 4 is 41.5 Å². The van der Waals surface area contributed by atoms with E-state index in [-0.39, 0.29) is 24.0 Å². The topological polar surface area (TPSA) is 54.9 Å². The molecule has 0 saturated carbocycles. The summed E-state index contributed by atoms with van der Waals surface area (Å²) in [6.45, 7) is 3.97. The van der Waals surface area contributed by atoms with Gasteiger partial charge in [-0.05, 0) is 37.0 Å². The van der Waals surface area contributed by atoms with E-state index >= 15 is 0 Å². The maximum Gasteiger partial charge on any atom is 0.191 e. The lowest BCUT2D eigenvalue weighted by molar-refractivity contribution is -0.0320. The number of rotatable bonds is 7. The largest absolute Gasteiger partial charge is 0.381 e. The first kappa shape index (κ1) is 21.5. The Bertz CT molecular complexity index is 479. The van der Waals surface area contributed by atoms with Gasteiger partial charge >= 0.3 is 0 Å². The molecule has 2 rings (SSSR count). The van der Waals surface area contributed by atoms with E-state index in [1.165, 1.54) is 5.56 Å². The van der Waals surface area contributed by atoms with Gasteiger partial charge in [-0.3, -0.25) is 4.99 Å². The van der Waals surface area contributed by atoms with E-state index in [9.17, 15) is 0 Å². The number of guanidine groups is 1. The van der Waals surface area contributed by atoms with Crippen molar-refractivity contribution in [3.8, 4) is 0 Å². The van der Waals surface area contributed by atoms with E-state index in [0.29, 0.717) is 6.10 Å². The number of aliphatic imine (C=N–C) groups is 1. The molecule has 1 saturated heterocycles. The molecule has 0 bridgehead atoms. The van der Waals surface area contributed by atoms with Gasteiger partial charge in [0.25, 0.3) is 0 Å². The molecule has 1 heterocycles. The maximum absolute atomic E-state index is 5.88. The monoisotopic (exact) mass is 467 g/mol. The number of halogens is 2. The Kier molecular flexibility index (Phi) is 11.4. The predicted molar refractivity (Wildman–Crippen MR) is 109 cm³/mol. The van der Waals surface area contributed by atoms with Crippen molar-refractivity contribution in [2.24, 2.45) is 4.99 Å². The molecule has 136 valence electrons. The van der Waals surface area contributed by atoms with E-state index in [1.807, 2.05) is 24.3 Å². The minimum Gasteiger partial charge on any atom is -0.381 e. The molecule has 0 aliphatic carbocycles. The number of ether oxygens (including phenoxy) is 2. The molecule has 1 aromatic carbocycles. The third kappa shape index (κ3) is 8.50. The number of nitrogens with zero attached hydrogens (tertiary/aromatic N) is 1. The summed E-state index contributed by atoms with van der Waals surface area (Å²) in [7, 11) is 1.77. The lowest BCUT2D eigenvalue weighted by Crippen LogP contribution is -2.37. The van der Waals surface area contributed by atoms with Crippen molar-refractivity contribution in [3.05, 3.63) is 34.9 Å². The van der Waals surface area contributed by atoms with Gasteiger partial charge in [0, 0.05) is 45.0 Å². The summed E-state index contributed by atoms with van der Waals surface area (Å²) in [5, 5.41) is 7.33. The summed E-state index contributed by atoms with van der Waals surface area (Å²) in [6, 6.07) is 7.79. The third-order valence-electron chi connectivity index (χ3n) is 3.73. The van der Waals surface area contributed by atoms with Crippen LogP contribution in [0.2, 0.25) is 5.02 Å². The molecule has 0 amide bonds. The lowest BCUT2D eigenvalue weighted by Gasteiger charge is -2.22. The second kappa shape index (κ2) is 12.7. The second-order valence-electron chi connectivity index (χ2n) is 5.52. The SMILES string of the molecule is CN=C(NCCCOC1CCOCC1)NCc1ccc(Cl)cc1.I. The van der Waals surface area contributed by atoms with Crippen LogP contribution in [0.15, 0.2) is 29.3 Å². The van der Waals surface area contributed by atoms with E-state index < -0.39 is 0 Å². The van der Waals surface area contributed by atoms with Crippen LogP contribution in [0.1, 0.15) is 24.8 Å². The molecule has 0 unspecified atom stereocenters. The Morgan fingerprint density at radius 1 is 1.25 bits per heavy atom. The zero-order valence-electron chi connectivity index (χ0n) is 14.1. The fourth-order valence-electron chi connectivity index (χ4n) is 2.38. The van der Waals surface area contributed by atoms with Crippen molar-refractivity contribution in [1.82, 2.24) is 10.6 Å². The molecule has 1 aromatic rings. The Morgan fingerprint density at radius 3 is 2.62 bits per heavy atom. The first-order valence-electron chi connectivity index (χ1n) is 8.16. The van der Waals surface area contributed by atoms with Crippen LogP contribution in [-0.2, 0) is 16.0 Å². The van der Waals surface area contributed by atoms with Crippen LogP contribution < -0.4 is 10.6 Å². The Morgan fingerprint density at radius 2 is 1.96 bits per heavy atom. The van der Waals surface area contributed by atoms with Crippen LogP contribution in [0, 0.1) is 0 Å². The quantitative estimate of drug-likeness (QED) is 0.280. The van der Waals surface area contributed by atoms with Crippen LogP contribution in [0.25, 0.3) is 0 Å². The van der Waals surface area contributed by atoms with Crippen molar-refractivity contribution in [1.29, 1.82) is 0 Å². The van der Waals surface area contributed by atoms with E-state index in [0.717, 1.165) is 63.2 Å². The summed E-state index contributed by atoms with van der Waals surface area (Å²) in [4.78, 5) is 4.22. The fourth-order valence-corrected chi connectivity index (χ4v) is 2.51. The van der Waals surface area contributed by atoms with Crippen LogP contribution in [0.4, 0.5) is 0 Å². The molecular formula is C17H27ClIN3O2. The van der Waals surface area contributed by atoms with Gasteiger partial charge in [-0.2, -0.15) is 0 Å². The number of benzene rings is 1. The van der Waals surface area contributed by atoms with Crippen molar-refractivity contribution in [3.63, 3.8) is 0 Å². The molecule has 0 spiro atoms. The second-order valence-corrected chi connectivity index (χ2v) is 5.95. The third-order valence-corrected chi connectivity index (χ3v) is 3.98. The maximum atomic E-state index is 5.88. The van der Waals surface area contributed by atoms with E-state index in [2.05, 4.69) is 15.6 Å². The van der Waals surface area contributed by atoms with Gasteiger partial charge in [0.1, 0.15) is 0 Å². The summed E-state index contributed by atoms with van der Waals surface area (Å²) in [5.74, 6) is 0.797. The van der Waals surface area contributed by atoms with Crippen LogP contribution >= 0.6 is 35.6 Å². The molecule has 24 heavy (non-hydrogen) atoms. The molecule has 2 N–H and O–H groups in total. The van der Waals surface area contributed by atoms with Crippen LogP contribution in [0.3, 0.4) is 0 Å². The van der Waals surface area contributed by atoms with Gasteiger partial charge in [-0.15, -0.1) is 24.0 Å². The summed E-state index contributed by atoms with van der Waals surface area (Å²) in [6.07, 6.45) is 3.35. The highest BCUT2D eigenvalue weighted by atomic mass is 127. The minimum atomic E-state index is 0. The van der Waals surface area contributed by atoms with Gasteiger partial charge in [0.05, 0.1) is 6.10 Å². The highest BCUT2D eigenvalue weighted by Gasteiger charge is 2.13. The Hall–Kier alpha value is -0.570. The number of hydrogen-bond donors (Lipinski definition) is 2. The smallest absolute Gasteiger partial charge is 0.191 e. The van der Waals surface area contributed by atoms with E-state index in [1.54, 1.807) is 7.05 Å². The van der Waals surface area contributed by atoms with E-state index in [4.69, 9.17) is 21.1 Å². The molecular weight excluding hydrogens is 441 g/mol. The molecule has 0 aromatic heterocycles. The molecule has 0 atom stereocenters. The zero-order chi connectivity index (χ0) is 16.3. The first-order chi connectivity index (χ1) is 11.3. The molecule has 1 fully saturated rings. The van der Waals surface area contributed by atoms with Gasteiger partial charge in [0.15, 0.2) is 5.96 Å². The van der Waals surface area contributed by atoms with Crippen LogP contribution in [-0.4, -0.2) is 45.5 Å². The van der Waals surface area contributed by atoms with Gasteiger partial charge in [0.2, 0.25) is 0 Å². The van der Waals surface area contributed by atoms with Gasteiger partial charge in [-0.25, -0.2) is 0 Å². The summed E-state index contributed by atoms with van der Waals surface area (Å²) in [5.41, 5.74) is 1.17. The van der Waals surface area contributed by atoms with Crippen LogP contribution in [0.5, 0.6) is 0 Å². The number of hydrogen-bond acceptors (Lipinski definition) is 3. The minimum absolute atomic E-state index is 0. The lowest BCUT2D eigenvalue weighted by atomic mass is 10.1. The number of nitrogens with one attached hydrogen (secondary N) is 2. The fraction of sp³-hybridized carbons (Fsp3) is 0.588. The summed E-state index contributed by atoms with van der Waals surface area (Å²) >= 11 is 5.88. The Balaban J connectivity index is 0.00000288. The summed E-state index contributed by atoms with van der Waals surface area (Å²) < 4.78 is 11.2. The van der Waals surface area contributed by atoms with Crippen molar-refractivity contribution < 1.29 is 9.47 Å². The molecule has 1 aliphatic heterocycles. The highest BCUT2D eigenvalue weighted by Crippen LogP contribution is 2.10. The molecule has 0 radical (unpaired) electrons. The normalized spacial score (nSPS) is 15.7. The van der Waals surface area contributed by atoms with Crippen molar-refractivity contribution in [2.75, 3.05) is 33.4 Å². The zero-order valence-corrected chi connectivity index (χ0v) is 17.2. The average Bonchev–Trinajstić information content (AvgIpc) is 2.59. The Labute approximate surface area is 166 Å². The highest BCUT2D eigenvalue weighted by molar-refractivity contribution is 14.0. The molecule has 7 heteroatoms. The average molecular weight is 468 g/mol. The molecule has 5 nitrogen and oxygen atoms in total. The van der Waals surface area contributed by atoms with Gasteiger partial charge in [-0.1, -0.05) is 23.7 Å². The van der Waals surface area contributed by atoms with Crippen molar-refractivity contribution in [2.45, 2.75) is 31.9 Å². The van der Waals surface area contributed by atoms with Gasteiger partial charge < -0.3 is 20.1 Å².